The lowest BCUT2D eigenvalue weighted by atomic mass is 10.1. The molecule has 1 heterocycles. The Bertz CT molecular complexity index is 621. The number of anilines is 1. The summed E-state index contributed by atoms with van der Waals surface area (Å²) in [5.74, 6) is 0.156. The second-order valence-corrected chi connectivity index (χ2v) is 5.23. The molecule has 1 aliphatic heterocycles. The van der Waals surface area contributed by atoms with Crippen LogP contribution in [0.3, 0.4) is 0 Å². The maximum atomic E-state index is 12.2. The molecule has 1 amide bonds. The Morgan fingerprint density at radius 1 is 1.11 bits per heavy atom. The summed E-state index contributed by atoms with van der Waals surface area (Å²) in [5.41, 5.74) is 3.22. The van der Waals surface area contributed by atoms with Crippen LogP contribution in [0.2, 0.25) is 5.02 Å². The van der Waals surface area contributed by atoms with Gasteiger partial charge in [-0.15, -0.1) is 0 Å². The molecule has 0 aromatic heterocycles. The van der Waals surface area contributed by atoms with Gasteiger partial charge >= 0.3 is 0 Å². The molecule has 19 heavy (non-hydrogen) atoms. The maximum Gasteiger partial charge on any atom is 0.232 e. The zero-order valence-electron chi connectivity index (χ0n) is 10.6. The van der Waals surface area contributed by atoms with Crippen LogP contribution in [0.1, 0.15) is 24.1 Å². The number of hydrogen-bond donors (Lipinski definition) is 0. The highest BCUT2D eigenvalue weighted by molar-refractivity contribution is 6.30. The summed E-state index contributed by atoms with van der Waals surface area (Å²) in [7, 11) is 0. The molecule has 0 bridgehead atoms. The molecule has 0 radical (unpaired) electrons. The van der Waals surface area contributed by atoms with Gasteiger partial charge in [-0.05, 0) is 36.2 Å². The Hall–Kier alpha value is -1.80. The molecule has 0 spiro atoms. The molecular formula is C16H14ClNO. The van der Waals surface area contributed by atoms with E-state index in [9.17, 15) is 4.79 Å². The first-order valence-corrected chi connectivity index (χ1v) is 6.70. The number of benzene rings is 2. The number of amides is 1. The lowest BCUT2D eigenvalue weighted by Gasteiger charge is -2.25. The lowest BCUT2D eigenvalue weighted by molar-refractivity contribution is -0.117. The summed E-state index contributed by atoms with van der Waals surface area (Å²) in [6.07, 6.45) is 0.494. The molecule has 3 rings (SSSR count). The van der Waals surface area contributed by atoms with Crippen molar-refractivity contribution in [2.75, 3.05) is 4.90 Å². The van der Waals surface area contributed by atoms with E-state index >= 15 is 0 Å². The average molecular weight is 272 g/mol. The van der Waals surface area contributed by atoms with Crippen LogP contribution in [0.25, 0.3) is 0 Å². The van der Waals surface area contributed by atoms with Crippen molar-refractivity contribution >= 4 is 23.2 Å². The van der Waals surface area contributed by atoms with E-state index in [2.05, 4.69) is 0 Å². The highest BCUT2D eigenvalue weighted by atomic mass is 35.5. The van der Waals surface area contributed by atoms with E-state index in [0.29, 0.717) is 11.4 Å². The van der Waals surface area contributed by atoms with Crippen molar-refractivity contribution in [2.24, 2.45) is 0 Å². The maximum absolute atomic E-state index is 12.2. The molecule has 0 unspecified atom stereocenters. The standard InChI is InChI=1S/C16H14ClNO/c1-11(12-6-8-14(17)9-7-12)18-15-5-3-2-4-13(15)10-16(18)19/h2-9,11H,10H2,1H3/t11-/m1/s1. The van der Waals surface area contributed by atoms with E-state index in [0.717, 1.165) is 16.8 Å². The molecule has 0 saturated heterocycles. The minimum Gasteiger partial charge on any atom is -0.305 e. The molecular weight excluding hydrogens is 258 g/mol. The molecule has 3 heteroatoms. The van der Waals surface area contributed by atoms with E-state index in [1.54, 1.807) is 0 Å². The zero-order valence-corrected chi connectivity index (χ0v) is 11.4. The van der Waals surface area contributed by atoms with Crippen LogP contribution in [-0.2, 0) is 11.2 Å². The summed E-state index contributed by atoms with van der Waals surface area (Å²) in [6, 6.07) is 15.7. The lowest BCUT2D eigenvalue weighted by Crippen LogP contribution is -2.29. The monoisotopic (exact) mass is 271 g/mol. The second kappa shape index (κ2) is 4.71. The number of nitrogens with zero attached hydrogens (tertiary/aromatic N) is 1. The van der Waals surface area contributed by atoms with Crippen LogP contribution in [0.5, 0.6) is 0 Å². The topological polar surface area (TPSA) is 20.3 Å². The van der Waals surface area contributed by atoms with E-state index in [-0.39, 0.29) is 11.9 Å². The van der Waals surface area contributed by atoms with Gasteiger partial charge in [-0.2, -0.15) is 0 Å². The highest BCUT2D eigenvalue weighted by Crippen LogP contribution is 2.35. The first kappa shape index (κ1) is 12.2. The fourth-order valence-corrected chi connectivity index (χ4v) is 2.72. The predicted molar refractivity (Wildman–Crippen MR) is 77.5 cm³/mol. The van der Waals surface area contributed by atoms with Gasteiger partial charge in [0, 0.05) is 10.7 Å². The third kappa shape index (κ3) is 2.13. The highest BCUT2D eigenvalue weighted by Gasteiger charge is 2.31. The van der Waals surface area contributed by atoms with Crippen LogP contribution in [0, 0.1) is 0 Å². The van der Waals surface area contributed by atoms with Gasteiger partial charge in [0.05, 0.1) is 12.5 Å². The average Bonchev–Trinajstić information content (AvgIpc) is 2.74. The predicted octanol–water partition coefficient (Wildman–Crippen LogP) is 3.99. The summed E-state index contributed by atoms with van der Waals surface area (Å²) < 4.78 is 0. The number of carbonyl (C=O) groups is 1. The smallest absolute Gasteiger partial charge is 0.232 e. The first-order valence-electron chi connectivity index (χ1n) is 6.32. The Morgan fingerprint density at radius 2 is 1.79 bits per heavy atom. The molecule has 0 saturated carbocycles. The Balaban J connectivity index is 1.98. The van der Waals surface area contributed by atoms with Gasteiger partial charge in [0.1, 0.15) is 0 Å². The Kier molecular flexibility index (Phi) is 3.03. The van der Waals surface area contributed by atoms with Crippen molar-refractivity contribution in [2.45, 2.75) is 19.4 Å². The largest absolute Gasteiger partial charge is 0.305 e. The van der Waals surface area contributed by atoms with Gasteiger partial charge in [0.25, 0.3) is 0 Å². The number of carbonyl (C=O) groups excluding carboxylic acids is 1. The van der Waals surface area contributed by atoms with Crippen molar-refractivity contribution in [1.29, 1.82) is 0 Å². The van der Waals surface area contributed by atoms with Gasteiger partial charge in [0.2, 0.25) is 5.91 Å². The van der Waals surface area contributed by atoms with Gasteiger partial charge in [-0.25, -0.2) is 0 Å². The third-order valence-corrected chi connectivity index (χ3v) is 3.85. The van der Waals surface area contributed by atoms with Crippen molar-refractivity contribution in [3.05, 3.63) is 64.7 Å². The molecule has 96 valence electrons. The fraction of sp³-hybridized carbons (Fsp3) is 0.188. The minimum absolute atomic E-state index is 0.0217. The van der Waals surface area contributed by atoms with Crippen LogP contribution in [-0.4, -0.2) is 5.91 Å². The van der Waals surface area contributed by atoms with Crippen LogP contribution < -0.4 is 4.90 Å². The zero-order chi connectivity index (χ0) is 13.4. The van der Waals surface area contributed by atoms with E-state index in [4.69, 9.17) is 11.6 Å². The number of para-hydroxylation sites is 1. The van der Waals surface area contributed by atoms with E-state index in [1.807, 2.05) is 60.4 Å². The van der Waals surface area contributed by atoms with Crippen LogP contribution in [0.15, 0.2) is 48.5 Å². The molecule has 2 aromatic rings. The minimum atomic E-state index is 0.0217. The fourth-order valence-electron chi connectivity index (χ4n) is 2.59. The third-order valence-electron chi connectivity index (χ3n) is 3.60. The normalized spacial score (nSPS) is 15.5. The molecule has 0 N–H and O–H groups in total. The van der Waals surface area contributed by atoms with E-state index < -0.39 is 0 Å². The molecule has 0 aliphatic carbocycles. The molecule has 0 fully saturated rings. The Morgan fingerprint density at radius 3 is 2.53 bits per heavy atom. The first-order chi connectivity index (χ1) is 9.16. The van der Waals surface area contributed by atoms with E-state index in [1.165, 1.54) is 0 Å². The van der Waals surface area contributed by atoms with Gasteiger partial charge in [0.15, 0.2) is 0 Å². The van der Waals surface area contributed by atoms with Crippen molar-refractivity contribution in [3.63, 3.8) is 0 Å². The number of rotatable bonds is 2. The summed E-state index contributed by atoms with van der Waals surface area (Å²) in [6.45, 7) is 2.04. The van der Waals surface area contributed by atoms with Crippen LogP contribution in [0.4, 0.5) is 5.69 Å². The van der Waals surface area contributed by atoms with Gasteiger partial charge < -0.3 is 4.90 Å². The molecule has 2 aromatic carbocycles. The SMILES string of the molecule is C[C@H](c1ccc(Cl)cc1)N1C(=O)Cc2ccccc21. The second-order valence-electron chi connectivity index (χ2n) is 4.80. The molecule has 1 atom stereocenters. The van der Waals surface area contributed by atoms with Crippen molar-refractivity contribution in [1.82, 2.24) is 0 Å². The molecule has 2 nitrogen and oxygen atoms in total. The summed E-state index contributed by atoms with van der Waals surface area (Å²) >= 11 is 5.91. The number of halogens is 1. The quantitative estimate of drug-likeness (QED) is 0.809. The summed E-state index contributed by atoms with van der Waals surface area (Å²) in [5, 5.41) is 0.712. The van der Waals surface area contributed by atoms with Gasteiger partial charge in [-0.3, -0.25) is 4.79 Å². The van der Waals surface area contributed by atoms with Crippen molar-refractivity contribution in [3.8, 4) is 0 Å². The molecule has 1 aliphatic rings. The number of hydrogen-bond acceptors (Lipinski definition) is 1. The van der Waals surface area contributed by atoms with Gasteiger partial charge in [-0.1, -0.05) is 41.9 Å². The number of fused-ring (bicyclic) bond motifs is 1. The Labute approximate surface area is 117 Å². The summed E-state index contributed by atoms with van der Waals surface area (Å²) in [4.78, 5) is 14.1. The van der Waals surface area contributed by atoms with Crippen molar-refractivity contribution < 1.29 is 4.79 Å². The van der Waals surface area contributed by atoms with Crippen LogP contribution >= 0.6 is 11.6 Å².